The van der Waals surface area contributed by atoms with Crippen molar-refractivity contribution in [3.05, 3.63) is 74.3 Å². The zero-order chi connectivity index (χ0) is 22.9. The average Bonchev–Trinajstić information content (AvgIpc) is 3.49. The Kier molecular flexibility index (Phi) is 5.82. The summed E-state index contributed by atoms with van der Waals surface area (Å²) in [5.41, 5.74) is 4.26. The molecular formula is C24H22N4O3S2. The number of aryl methyl sites for hydroxylation is 1. The van der Waals surface area contributed by atoms with Gasteiger partial charge >= 0.3 is 0 Å². The van der Waals surface area contributed by atoms with E-state index < -0.39 is 0 Å². The number of amides is 2. The number of benzene rings is 1. The van der Waals surface area contributed by atoms with Crippen molar-refractivity contribution in [2.75, 3.05) is 18.5 Å². The van der Waals surface area contributed by atoms with Crippen molar-refractivity contribution in [3.8, 4) is 11.1 Å². The van der Waals surface area contributed by atoms with Crippen LogP contribution < -0.4 is 11.0 Å². The molecule has 0 radical (unpaired) electrons. The van der Waals surface area contributed by atoms with E-state index in [1.54, 1.807) is 4.90 Å². The first kappa shape index (κ1) is 21.5. The summed E-state index contributed by atoms with van der Waals surface area (Å²) >= 11 is 2.89. The summed E-state index contributed by atoms with van der Waals surface area (Å²) in [6, 6.07) is 13.4. The van der Waals surface area contributed by atoms with E-state index in [1.165, 1.54) is 33.7 Å². The van der Waals surface area contributed by atoms with Crippen LogP contribution in [-0.2, 0) is 4.79 Å². The minimum absolute atomic E-state index is 0.0102. The van der Waals surface area contributed by atoms with Gasteiger partial charge < -0.3 is 4.90 Å². The Labute approximate surface area is 198 Å². The van der Waals surface area contributed by atoms with Crippen LogP contribution in [0.3, 0.4) is 0 Å². The van der Waals surface area contributed by atoms with E-state index in [1.807, 2.05) is 54.8 Å². The van der Waals surface area contributed by atoms with E-state index >= 15 is 0 Å². The lowest BCUT2D eigenvalue weighted by Gasteiger charge is -2.31. The van der Waals surface area contributed by atoms with Crippen LogP contribution in [0.15, 0.2) is 59.0 Å². The summed E-state index contributed by atoms with van der Waals surface area (Å²) in [6.07, 6.45) is 2.49. The topological polar surface area (TPSA) is 84.3 Å². The number of fused-ring (bicyclic) bond motifs is 1. The number of piperidine rings is 1. The molecule has 0 unspecified atom stereocenters. The zero-order valence-electron chi connectivity index (χ0n) is 18.0. The van der Waals surface area contributed by atoms with Crippen LogP contribution in [0.5, 0.6) is 0 Å². The SMILES string of the molecule is Cc1sc2ncn(NC(=O)C3CCN(C(=O)c4cccs4)CC3)c(=O)c2c1-c1ccccc1. The Morgan fingerprint density at radius 3 is 2.55 bits per heavy atom. The molecule has 168 valence electrons. The molecule has 0 aliphatic carbocycles. The number of hydrogen-bond donors (Lipinski definition) is 1. The minimum Gasteiger partial charge on any atom is -0.338 e. The highest BCUT2D eigenvalue weighted by Crippen LogP contribution is 2.35. The monoisotopic (exact) mass is 478 g/mol. The van der Waals surface area contributed by atoms with Crippen molar-refractivity contribution in [1.29, 1.82) is 0 Å². The largest absolute Gasteiger partial charge is 0.338 e. The standard InChI is InChI=1S/C24H22N4O3S2/c1-15-19(16-6-3-2-4-7-16)20-22(33-15)25-14-28(24(20)31)26-21(29)17-9-11-27(12-10-17)23(30)18-8-5-13-32-18/h2-8,13-14,17H,9-12H2,1H3,(H,26,29). The maximum atomic E-state index is 13.3. The molecule has 4 aromatic rings. The average molecular weight is 479 g/mol. The van der Waals surface area contributed by atoms with E-state index in [4.69, 9.17) is 0 Å². The molecule has 33 heavy (non-hydrogen) atoms. The van der Waals surface area contributed by atoms with Gasteiger partial charge in [0.05, 0.1) is 10.3 Å². The molecule has 1 aromatic carbocycles. The molecule has 7 nitrogen and oxygen atoms in total. The Balaban J connectivity index is 1.34. The first-order chi connectivity index (χ1) is 16.0. The Hall–Kier alpha value is -3.30. The number of likely N-dealkylation sites (tertiary alicyclic amines) is 1. The lowest BCUT2D eigenvalue weighted by atomic mass is 9.96. The highest BCUT2D eigenvalue weighted by atomic mass is 32.1. The first-order valence-corrected chi connectivity index (χ1v) is 12.4. The number of nitrogens with one attached hydrogen (secondary N) is 1. The smallest absolute Gasteiger partial charge is 0.281 e. The number of thiophene rings is 2. The van der Waals surface area contributed by atoms with E-state index in [0.29, 0.717) is 41.0 Å². The van der Waals surface area contributed by atoms with E-state index in [-0.39, 0.29) is 23.3 Å². The van der Waals surface area contributed by atoms with E-state index in [2.05, 4.69) is 10.4 Å². The fourth-order valence-corrected chi connectivity index (χ4v) is 5.94. The molecule has 0 atom stereocenters. The molecule has 9 heteroatoms. The van der Waals surface area contributed by atoms with Crippen molar-refractivity contribution in [3.63, 3.8) is 0 Å². The number of carbonyl (C=O) groups excluding carboxylic acids is 2. The van der Waals surface area contributed by atoms with Crippen LogP contribution in [0, 0.1) is 12.8 Å². The van der Waals surface area contributed by atoms with Crippen molar-refractivity contribution < 1.29 is 9.59 Å². The van der Waals surface area contributed by atoms with Gasteiger partial charge in [0.25, 0.3) is 11.5 Å². The molecule has 1 saturated heterocycles. The third kappa shape index (κ3) is 4.09. The second-order valence-electron chi connectivity index (χ2n) is 8.02. The number of nitrogens with zero attached hydrogens (tertiary/aromatic N) is 3. The maximum absolute atomic E-state index is 13.3. The summed E-state index contributed by atoms with van der Waals surface area (Å²) in [4.78, 5) is 47.3. The summed E-state index contributed by atoms with van der Waals surface area (Å²) in [7, 11) is 0. The normalized spacial score (nSPS) is 14.5. The third-order valence-corrected chi connectivity index (χ3v) is 7.84. The number of rotatable bonds is 4. The van der Waals surface area contributed by atoms with Gasteiger partial charge in [-0.15, -0.1) is 22.7 Å². The quantitative estimate of drug-likeness (QED) is 0.478. The van der Waals surface area contributed by atoms with Crippen LogP contribution in [0.1, 0.15) is 27.4 Å². The van der Waals surface area contributed by atoms with Gasteiger partial charge in [0, 0.05) is 29.4 Å². The van der Waals surface area contributed by atoms with Gasteiger partial charge in [0.1, 0.15) is 11.2 Å². The van der Waals surface area contributed by atoms with Crippen molar-refractivity contribution in [1.82, 2.24) is 14.6 Å². The van der Waals surface area contributed by atoms with Crippen LogP contribution >= 0.6 is 22.7 Å². The van der Waals surface area contributed by atoms with E-state index in [9.17, 15) is 14.4 Å². The number of hydrogen-bond acceptors (Lipinski definition) is 6. The van der Waals surface area contributed by atoms with Gasteiger partial charge in [0.2, 0.25) is 5.91 Å². The van der Waals surface area contributed by atoms with Gasteiger partial charge in [0.15, 0.2) is 0 Å². The Morgan fingerprint density at radius 1 is 1.09 bits per heavy atom. The summed E-state index contributed by atoms with van der Waals surface area (Å²) in [5, 5.41) is 2.40. The molecule has 0 saturated carbocycles. The van der Waals surface area contributed by atoms with Gasteiger partial charge in [-0.25, -0.2) is 9.66 Å². The molecule has 0 bridgehead atoms. The highest BCUT2D eigenvalue weighted by molar-refractivity contribution is 7.19. The number of carbonyl (C=O) groups is 2. The lowest BCUT2D eigenvalue weighted by Crippen LogP contribution is -2.43. The zero-order valence-corrected chi connectivity index (χ0v) is 19.6. The minimum atomic E-state index is -0.290. The van der Waals surface area contributed by atoms with Gasteiger partial charge in [-0.3, -0.25) is 19.8 Å². The summed E-state index contributed by atoms with van der Waals surface area (Å²) in [6.45, 7) is 3.01. The van der Waals surface area contributed by atoms with Crippen molar-refractivity contribution in [2.24, 2.45) is 5.92 Å². The summed E-state index contributed by atoms with van der Waals surface area (Å²) < 4.78 is 1.19. The van der Waals surface area contributed by atoms with Gasteiger partial charge in [-0.1, -0.05) is 36.4 Å². The molecule has 3 aromatic heterocycles. The molecule has 2 amide bonds. The molecule has 1 aliphatic rings. The fourth-order valence-electron chi connectivity index (χ4n) is 4.25. The second-order valence-corrected chi connectivity index (χ2v) is 10.2. The Morgan fingerprint density at radius 2 is 1.85 bits per heavy atom. The fraction of sp³-hybridized carbons (Fsp3) is 0.250. The van der Waals surface area contributed by atoms with Crippen molar-refractivity contribution >= 4 is 44.7 Å². The molecule has 1 aliphatic heterocycles. The van der Waals surface area contributed by atoms with Crippen LogP contribution in [-0.4, -0.2) is 39.5 Å². The van der Waals surface area contributed by atoms with Gasteiger partial charge in [-0.2, -0.15) is 0 Å². The molecule has 1 N–H and O–H groups in total. The van der Waals surface area contributed by atoms with Crippen molar-refractivity contribution in [2.45, 2.75) is 19.8 Å². The van der Waals surface area contributed by atoms with E-state index in [0.717, 1.165) is 16.0 Å². The number of aromatic nitrogens is 2. The van der Waals surface area contributed by atoms with Gasteiger partial charge in [-0.05, 0) is 36.8 Å². The van der Waals surface area contributed by atoms with Crippen LogP contribution in [0.2, 0.25) is 0 Å². The maximum Gasteiger partial charge on any atom is 0.281 e. The molecule has 5 rings (SSSR count). The third-order valence-electron chi connectivity index (χ3n) is 5.97. The lowest BCUT2D eigenvalue weighted by molar-refractivity contribution is -0.122. The summed E-state index contributed by atoms with van der Waals surface area (Å²) in [5.74, 6) is -0.483. The predicted octanol–water partition coefficient (Wildman–Crippen LogP) is 4.12. The van der Waals surface area contributed by atoms with Crippen LogP contribution in [0.4, 0.5) is 0 Å². The molecule has 0 spiro atoms. The second kappa shape index (κ2) is 8.92. The molecular weight excluding hydrogens is 456 g/mol. The van der Waals surface area contributed by atoms with Crippen LogP contribution in [0.25, 0.3) is 21.3 Å². The first-order valence-electron chi connectivity index (χ1n) is 10.7. The Bertz CT molecular complexity index is 1370. The molecule has 1 fully saturated rings. The predicted molar refractivity (Wildman–Crippen MR) is 131 cm³/mol. The molecule has 4 heterocycles. The highest BCUT2D eigenvalue weighted by Gasteiger charge is 2.29.